The van der Waals surface area contributed by atoms with Gasteiger partial charge in [0, 0.05) is 18.8 Å². The zero-order chi connectivity index (χ0) is 10.7. The number of aryl methyl sites for hydroxylation is 1. The zero-order valence-electron chi connectivity index (χ0n) is 9.22. The van der Waals surface area contributed by atoms with Crippen LogP contribution in [0.25, 0.3) is 0 Å². The van der Waals surface area contributed by atoms with Crippen LogP contribution in [0.2, 0.25) is 0 Å². The van der Waals surface area contributed by atoms with Gasteiger partial charge >= 0.3 is 0 Å². The standard InChI is InChI=1S/C13H16N2/c1-3-13-14-9-10-15(13)11(2)12-7-5-4-6-8-12/h4-11H,3H2,1-2H3/t11-/m1/s1. The van der Waals surface area contributed by atoms with E-state index in [9.17, 15) is 0 Å². The van der Waals surface area contributed by atoms with Crippen LogP contribution in [0.15, 0.2) is 42.7 Å². The Labute approximate surface area is 90.6 Å². The molecule has 0 aliphatic rings. The van der Waals surface area contributed by atoms with E-state index in [1.165, 1.54) is 5.56 Å². The van der Waals surface area contributed by atoms with Crippen LogP contribution in [0.4, 0.5) is 0 Å². The smallest absolute Gasteiger partial charge is 0.108 e. The Kier molecular flexibility index (Phi) is 2.86. The van der Waals surface area contributed by atoms with E-state index in [0.29, 0.717) is 6.04 Å². The highest BCUT2D eigenvalue weighted by atomic mass is 15.1. The highest BCUT2D eigenvalue weighted by Gasteiger charge is 2.09. The molecule has 0 aliphatic carbocycles. The molecule has 0 amide bonds. The van der Waals surface area contributed by atoms with Gasteiger partial charge in [-0.3, -0.25) is 0 Å². The van der Waals surface area contributed by atoms with Crippen LogP contribution in [0.5, 0.6) is 0 Å². The number of imidazole rings is 1. The quantitative estimate of drug-likeness (QED) is 0.744. The molecular weight excluding hydrogens is 184 g/mol. The molecule has 1 aromatic heterocycles. The van der Waals surface area contributed by atoms with Crippen LogP contribution in [-0.2, 0) is 6.42 Å². The zero-order valence-corrected chi connectivity index (χ0v) is 9.22. The number of rotatable bonds is 3. The maximum atomic E-state index is 4.34. The summed E-state index contributed by atoms with van der Waals surface area (Å²) >= 11 is 0. The van der Waals surface area contributed by atoms with Crippen molar-refractivity contribution in [1.29, 1.82) is 0 Å². The molecule has 15 heavy (non-hydrogen) atoms. The van der Waals surface area contributed by atoms with Gasteiger partial charge in [-0.15, -0.1) is 0 Å². The predicted molar refractivity (Wildman–Crippen MR) is 61.9 cm³/mol. The molecule has 0 radical (unpaired) electrons. The van der Waals surface area contributed by atoms with Crippen molar-refractivity contribution in [2.75, 3.05) is 0 Å². The maximum Gasteiger partial charge on any atom is 0.108 e. The van der Waals surface area contributed by atoms with Gasteiger partial charge in [0.1, 0.15) is 5.82 Å². The summed E-state index contributed by atoms with van der Waals surface area (Å²) in [6.45, 7) is 4.34. The van der Waals surface area contributed by atoms with E-state index in [1.807, 2.05) is 12.3 Å². The second-order valence-corrected chi connectivity index (χ2v) is 3.69. The minimum Gasteiger partial charge on any atom is -0.328 e. The van der Waals surface area contributed by atoms with Crippen molar-refractivity contribution in [3.05, 3.63) is 54.1 Å². The summed E-state index contributed by atoms with van der Waals surface area (Å²) in [7, 11) is 0. The Morgan fingerprint density at radius 1 is 1.27 bits per heavy atom. The lowest BCUT2D eigenvalue weighted by atomic mass is 10.1. The molecule has 1 heterocycles. The number of benzene rings is 1. The van der Waals surface area contributed by atoms with Gasteiger partial charge in [-0.2, -0.15) is 0 Å². The van der Waals surface area contributed by atoms with Gasteiger partial charge in [0.15, 0.2) is 0 Å². The first-order chi connectivity index (χ1) is 7.33. The van der Waals surface area contributed by atoms with Crippen molar-refractivity contribution in [3.63, 3.8) is 0 Å². The van der Waals surface area contributed by atoms with Crippen molar-refractivity contribution in [1.82, 2.24) is 9.55 Å². The highest BCUT2D eigenvalue weighted by Crippen LogP contribution is 2.18. The fourth-order valence-electron chi connectivity index (χ4n) is 1.86. The molecule has 0 fully saturated rings. The van der Waals surface area contributed by atoms with E-state index < -0.39 is 0 Å². The summed E-state index contributed by atoms with van der Waals surface area (Å²) in [5.41, 5.74) is 1.32. The molecule has 0 aliphatic heterocycles. The fraction of sp³-hybridized carbons (Fsp3) is 0.308. The molecule has 1 aromatic carbocycles. The molecule has 0 N–H and O–H groups in total. The molecule has 2 rings (SSSR count). The minimum atomic E-state index is 0.364. The van der Waals surface area contributed by atoms with E-state index in [-0.39, 0.29) is 0 Å². The van der Waals surface area contributed by atoms with Crippen molar-refractivity contribution < 1.29 is 0 Å². The van der Waals surface area contributed by atoms with Crippen molar-refractivity contribution >= 4 is 0 Å². The lowest BCUT2D eigenvalue weighted by Crippen LogP contribution is -2.09. The second kappa shape index (κ2) is 4.30. The Bertz CT molecular complexity index is 417. The normalized spacial score (nSPS) is 12.7. The van der Waals surface area contributed by atoms with Gasteiger partial charge in [0.05, 0.1) is 6.04 Å². The first-order valence-corrected chi connectivity index (χ1v) is 5.39. The molecule has 0 bridgehead atoms. The topological polar surface area (TPSA) is 17.8 Å². The molecule has 0 saturated carbocycles. The Balaban J connectivity index is 2.32. The number of aromatic nitrogens is 2. The minimum absolute atomic E-state index is 0.364. The molecule has 0 unspecified atom stereocenters. The summed E-state index contributed by atoms with van der Waals surface area (Å²) in [5.74, 6) is 1.14. The summed E-state index contributed by atoms with van der Waals surface area (Å²) < 4.78 is 2.23. The molecule has 0 saturated heterocycles. The van der Waals surface area contributed by atoms with Crippen molar-refractivity contribution in [3.8, 4) is 0 Å². The van der Waals surface area contributed by atoms with E-state index in [2.05, 4.69) is 53.9 Å². The Hall–Kier alpha value is -1.57. The Morgan fingerprint density at radius 3 is 2.67 bits per heavy atom. The summed E-state index contributed by atoms with van der Waals surface area (Å²) in [6, 6.07) is 10.9. The third-order valence-electron chi connectivity index (χ3n) is 2.76. The SMILES string of the molecule is CCc1nccn1[C@H](C)c1ccccc1. The second-order valence-electron chi connectivity index (χ2n) is 3.69. The molecule has 78 valence electrons. The lowest BCUT2D eigenvalue weighted by Gasteiger charge is -2.16. The van der Waals surface area contributed by atoms with Crippen LogP contribution in [0.1, 0.15) is 31.3 Å². The number of nitrogens with zero attached hydrogens (tertiary/aromatic N) is 2. The molecule has 2 aromatic rings. The predicted octanol–water partition coefficient (Wildman–Crippen LogP) is 3.05. The Morgan fingerprint density at radius 2 is 2.00 bits per heavy atom. The molecule has 2 heteroatoms. The van der Waals surface area contributed by atoms with Crippen LogP contribution in [0, 0.1) is 0 Å². The number of hydrogen-bond donors (Lipinski definition) is 0. The summed E-state index contributed by atoms with van der Waals surface area (Å²) in [5, 5.41) is 0. The van der Waals surface area contributed by atoms with Gasteiger partial charge in [0.2, 0.25) is 0 Å². The first-order valence-electron chi connectivity index (χ1n) is 5.39. The maximum absolute atomic E-state index is 4.34. The average molecular weight is 200 g/mol. The molecule has 2 nitrogen and oxygen atoms in total. The molecular formula is C13H16N2. The molecule has 0 spiro atoms. The van der Waals surface area contributed by atoms with Crippen LogP contribution < -0.4 is 0 Å². The number of hydrogen-bond acceptors (Lipinski definition) is 1. The van der Waals surface area contributed by atoms with E-state index in [0.717, 1.165) is 12.2 Å². The molecule has 1 atom stereocenters. The summed E-state index contributed by atoms with van der Waals surface area (Å²) in [4.78, 5) is 4.34. The van der Waals surface area contributed by atoms with Crippen molar-refractivity contribution in [2.45, 2.75) is 26.3 Å². The third kappa shape index (κ3) is 1.94. The average Bonchev–Trinajstić information content (AvgIpc) is 2.77. The third-order valence-corrected chi connectivity index (χ3v) is 2.76. The van der Waals surface area contributed by atoms with Gasteiger partial charge in [-0.05, 0) is 12.5 Å². The van der Waals surface area contributed by atoms with Crippen LogP contribution in [0.3, 0.4) is 0 Å². The van der Waals surface area contributed by atoms with E-state index >= 15 is 0 Å². The fourth-order valence-corrected chi connectivity index (χ4v) is 1.86. The highest BCUT2D eigenvalue weighted by molar-refractivity contribution is 5.20. The van der Waals surface area contributed by atoms with Gasteiger partial charge in [-0.25, -0.2) is 4.98 Å². The lowest BCUT2D eigenvalue weighted by molar-refractivity contribution is 0.605. The van der Waals surface area contributed by atoms with E-state index in [4.69, 9.17) is 0 Å². The van der Waals surface area contributed by atoms with Gasteiger partial charge < -0.3 is 4.57 Å². The van der Waals surface area contributed by atoms with Gasteiger partial charge in [0.25, 0.3) is 0 Å². The van der Waals surface area contributed by atoms with Crippen LogP contribution >= 0.6 is 0 Å². The van der Waals surface area contributed by atoms with Gasteiger partial charge in [-0.1, -0.05) is 37.3 Å². The van der Waals surface area contributed by atoms with E-state index in [1.54, 1.807) is 0 Å². The first kappa shape index (κ1) is 9.97. The summed E-state index contributed by atoms with van der Waals surface area (Å²) in [6.07, 6.45) is 4.90. The monoisotopic (exact) mass is 200 g/mol. The van der Waals surface area contributed by atoms with Crippen LogP contribution in [-0.4, -0.2) is 9.55 Å². The largest absolute Gasteiger partial charge is 0.328 e. The van der Waals surface area contributed by atoms with Crippen molar-refractivity contribution in [2.24, 2.45) is 0 Å².